The number of halogens is 3. The maximum absolute atomic E-state index is 12.8. The summed E-state index contributed by atoms with van der Waals surface area (Å²) in [4.78, 5) is 34.1. The molecule has 10 nitrogen and oxygen atoms in total. The molecule has 13 heteroatoms. The molecule has 0 saturated heterocycles. The lowest BCUT2D eigenvalue weighted by molar-refractivity contribution is -0.192. The Morgan fingerprint density at radius 1 is 0.951 bits per heavy atom. The van der Waals surface area contributed by atoms with E-state index < -0.39 is 12.1 Å². The average Bonchev–Trinajstić information content (AvgIpc) is 3.58. The van der Waals surface area contributed by atoms with Crippen LogP contribution in [0.5, 0.6) is 11.5 Å². The number of aromatic nitrogens is 2. The molecule has 1 aliphatic rings. The number of anilines is 2. The van der Waals surface area contributed by atoms with Crippen LogP contribution in [0.3, 0.4) is 0 Å². The molecule has 41 heavy (non-hydrogen) atoms. The number of nitrogens with one attached hydrogen (secondary N) is 2. The number of nitrogens with zero attached hydrogens (tertiary/aromatic N) is 2. The van der Waals surface area contributed by atoms with E-state index in [4.69, 9.17) is 19.4 Å². The Bertz CT molecular complexity index is 1590. The molecule has 2 amide bonds. The molecule has 0 aliphatic carbocycles. The average molecular weight is 569 g/mol. The quantitative estimate of drug-likeness (QED) is 0.299. The summed E-state index contributed by atoms with van der Waals surface area (Å²) in [6.45, 7) is 2.17. The molecule has 1 aromatic heterocycles. The van der Waals surface area contributed by atoms with Gasteiger partial charge in [0.2, 0.25) is 12.7 Å². The maximum Gasteiger partial charge on any atom is 0.490 e. The highest BCUT2D eigenvalue weighted by atomic mass is 19.4. The standard InChI is InChI=1S/C26H22N4O4.C2HF3O2/c1-17-4-2-5-18(10-17)11-25(31)28-21-14-27-30(15-21)22-7-3-6-19(12-22)26(32)29-20-8-9-23-24(13-20)34-16-33-23;3-2(4,5)1(6)7/h2-10,12-15H,11,16H2,1H3,(H,28,31)(H,29,32);(H,6,7). The number of aryl methyl sites for hydroxylation is 1. The summed E-state index contributed by atoms with van der Waals surface area (Å²) < 4.78 is 44.0. The third-order valence-corrected chi connectivity index (χ3v) is 5.56. The molecule has 0 bridgehead atoms. The summed E-state index contributed by atoms with van der Waals surface area (Å²) in [6.07, 6.45) is -1.52. The zero-order chi connectivity index (χ0) is 29.6. The van der Waals surface area contributed by atoms with Crippen molar-refractivity contribution in [3.05, 3.63) is 95.8 Å². The molecule has 3 aromatic carbocycles. The largest absolute Gasteiger partial charge is 0.490 e. The summed E-state index contributed by atoms with van der Waals surface area (Å²) in [5.41, 5.74) is 4.41. The second-order valence-corrected chi connectivity index (χ2v) is 8.76. The molecule has 0 spiro atoms. The first kappa shape index (κ1) is 28.7. The molecule has 3 N–H and O–H groups in total. The van der Waals surface area contributed by atoms with E-state index in [2.05, 4.69) is 15.7 Å². The Morgan fingerprint density at radius 3 is 2.41 bits per heavy atom. The van der Waals surface area contributed by atoms with Crippen molar-refractivity contribution in [2.24, 2.45) is 0 Å². The van der Waals surface area contributed by atoms with Crippen LogP contribution in [-0.2, 0) is 16.0 Å². The summed E-state index contributed by atoms with van der Waals surface area (Å²) >= 11 is 0. The molecule has 0 fully saturated rings. The molecule has 0 radical (unpaired) electrons. The molecule has 5 rings (SSSR count). The molecule has 0 saturated carbocycles. The Hall–Kier alpha value is -5.33. The van der Waals surface area contributed by atoms with Crippen molar-refractivity contribution in [1.82, 2.24) is 9.78 Å². The van der Waals surface area contributed by atoms with E-state index in [-0.39, 0.29) is 25.0 Å². The number of hydrogen-bond donors (Lipinski definition) is 3. The lowest BCUT2D eigenvalue weighted by atomic mass is 10.1. The molecule has 212 valence electrons. The minimum atomic E-state index is -5.08. The van der Waals surface area contributed by atoms with Crippen molar-refractivity contribution >= 4 is 29.2 Å². The van der Waals surface area contributed by atoms with E-state index in [1.807, 2.05) is 37.3 Å². The van der Waals surface area contributed by atoms with Crippen LogP contribution in [0, 0.1) is 6.92 Å². The van der Waals surface area contributed by atoms with Gasteiger partial charge in [-0.3, -0.25) is 9.59 Å². The predicted molar refractivity (Wildman–Crippen MR) is 141 cm³/mol. The Balaban J connectivity index is 0.000000493. The van der Waals surface area contributed by atoms with E-state index >= 15 is 0 Å². The van der Waals surface area contributed by atoms with Gasteiger partial charge in [-0.05, 0) is 42.8 Å². The van der Waals surface area contributed by atoms with Gasteiger partial charge in [0.1, 0.15) is 0 Å². The zero-order valence-corrected chi connectivity index (χ0v) is 21.4. The maximum atomic E-state index is 12.8. The third-order valence-electron chi connectivity index (χ3n) is 5.56. The van der Waals surface area contributed by atoms with Gasteiger partial charge in [0.15, 0.2) is 11.5 Å². The van der Waals surface area contributed by atoms with Gasteiger partial charge in [0.25, 0.3) is 5.91 Å². The van der Waals surface area contributed by atoms with Crippen molar-refractivity contribution in [2.45, 2.75) is 19.5 Å². The number of aliphatic carboxylic acids is 1. The van der Waals surface area contributed by atoms with Gasteiger partial charge < -0.3 is 25.2 Å². The van der Waals surface area contributed by atoms with Crippen LogP contribution < -0.4 is 20.1 Å². The number of carboxylic acids is 1. The number of rotatable bonds is 6. The monoisotopic (exact) mass is 568 g/mol. The molecule has 1 aliphatic heterocycles. The second-order valence-electron chi connectivity index (χ2n) is 8.76. The molecule has 0 atom stereocenters. The first-order valence-corrected chi connectivity index (χ1v) is 12.0. The zero-order valence-electron chi connectivity index (χ0n) is 21.4. The minimum Gasteiger partial charge on any atom is -0.475 e. The molecule has 4 aromatic rings. The number of amides is 2. The van der Waals surface area contributed by atoms with E-state index in [0.29, 0.717) is 34.1 Å². The van der Waals surface area contributed by atoms with Crippen molar-refractivity contribution < 1.29 is 42.1 Å². The van der Waals surface area contributed by atoms with Crippen LogP contribution in [0.2, 0.25) is 0 Å². The minimum absolute atomic E-state index is 0.123. The number of carbonyl (C=O) groups is 3. The summed E-state index contributed by atoms with van der Waals surface area (Å²) in [6, 6.07) is 20.2. The van der Waals surface area contributed by atoms with Crippen molar-refractivity contribution in [1.29, 1.82) is 0 Å². The van der Waals surface area contributed by atoms with Crippen molar-refractivity contribution in [3.63, 3.8) is 0 Å². The summed E-state index contributed by atoms with van der Waals surface area (Å²) in [5, 5.41) is 17.2. The number of benzene rings is 3. The number of hydrogen-bond acceptors (Lipinski definition) is 6. The van der Waals surface area contributed by atoms with E-state index in [9.17, 15) is 22.8 Å². The lowest BCUT2D eigenvalue weighted by Gasteiger charge is -2.08. The van der Waals surface area contributed by atoms with Crippen LogP contribution in [0.1, 0.15) is 21.5 Å². The smallest absolute Gasteiger partial charge is 0.475 e. The van der Waals surface area contributed by atoms with Gasteiger partial charge in [0, 0.05) is 17.3 Å². The van der Waals surface area contributed by atoms with Gasteiger partial charge in [-0.1, -0.05) is 35.9 Å². The number of carbonyl (C=O) groups excluding carboxylic acids is 2. The van der Waals surface area contributed by atoms with Crippen LogP contribution in [-0.4, -0.2) is 45.6 Å². The van der Waals surface area contributed by atoms with Crippen LogP contribution in [0.4, 0.5) is 24.5 Å². The normalized spacial score (nSPS) is 11.7. The highest BCUT2D eigenvalue weighted by Gasteiger charge is 2.38. The van der Waals surface area contributed by atoms with Gasteiger partial charge in [-0.2, -0.15) is 18.3 Å². The Morgan fingerprint density at radius 2 is 1.68 bits per heavy atom. The van der Waals surface area contributed by atoms with Crippen LogP contribution in [0.25, 0.3) is 5.69 Å². The molecular weight excluding hydrogens is 545 g/mol. The van der Waals surface area contributed by atoms with E-state index in [0.717, 1.165) is 11.1 Å². The van der Waals surface area contributed by atoms with Crippen LogP contribution >= 0.6 is 0 Å². The fraction of sp³-hybridized carbons (Fsp3) is 0.143. The topological polar surface area (TPSA) is 132 Å². The summed E-state index contributed by atoms with van der Waals surface area (Å²) in [5.74, 6) is -1.89. The van der Waals surface area contributed by atoms with Gasteiger partial charge in [-0.15, -0.1) is 0 Å². The van der Waals surface area contributed by atoms with E-state index in [1.54, 1.807) is 53.5 Å². The van der Waals surface area contributed by atoms with Gasteiger partial charge in [0.05, 0.1) is 30.2 Å². The summed E-state index contributed by atoms with van der Waals surface area (Å²) in [7, 11) is 0. The first-order chi connectivity index (χ1) is 19.5. The SMILES string of the molecule is Cc1cccc(CC(=O)Nc2cnn(-c3cccc(C(=O)Nc4ccc5c(c4)OCO5)c3)c2)c1.O=C(O)C(F)(F)F. The lowest BCUT2D eigenvalue weighted by Crippen LogP contribution is -2.21. The third kappa shape index (κ3) is 7.85. The fourth-order valence-corrected chi connectivity index (χ4v) is 3.71. The number of fused-ring (bicyclic) bond motifs is 1. The molecule has 2 heterocycles. The molecular formula is C28H23F3N4O6. The molecule has 0 unspecified atom stereocenters. The van der Waals surface area contributed by atoms with Crippen molar-refractivity contribution in [3.8, 4) is 17.2 Å². The van der Waals surface area contributed by atoms with E-state index in [1.165, 1.54) is 0 Å². The highest BCUT2D eigenvalue weighted by Crippen LogP contribution is 2.34. The second kappa shape index (κ2) is 12.2. The predicted octanol–water partition coefficient (Wildman–Crippen LogP) is 4.98. The fourth-order valence-electron chi connectivity index (χ4n) is 3.71. The highest BCUT2D eigenvalue weighted by molar-refractivity contribution is 6.04. The number of carboxylic acid groups (broad SMARTS) is 1. The Labute approximate surface area is 231 Å². The first-order valence-electron chi connectivity index (χ1n) is 12.0. The number of alkyl halides is 3. The van der Waals surface area contributed by atoms with Gasteiger partial charge >= 0.3 is 12.1 Å². The Kier molecular flexibility index (Phi) is 8.56. The van der Waals surface area contributed by atoms with Crippen LogP contribution in [0.15, 0.2) is 79.1 Å². The van der Waals surface area contributed by atoms with Gasteiger partial charge in [-0.25, -0.2) is 9.48 Å². The van der Waals surface area contributed by atoms with Crippen molar-refractivity contribution in [2.75, 3.05) is 17.4 Å². The number of ether oxygens (including phenoxy) is 2.